The van der Waals surface area contributed by atoms with Gasteiger partial charge < -0.3 is 5.73 Å². The van der Waals surface area contributed by atoms with Gasteiger partial charge in [-0.25, -0.2) is 0 Å². The van der Waals surface area contributed by atoms with E-state index in [0.29, 0.717) is 0 Å². The zero-order chi connectivity index (χ0) is 33.3. The number of thioether (sulfide) groups is 1. The number of allylic oxidation sites excluding steroid dienone is 1. The van der Waals surface area contributed by atoms with Crippen molar-refractivity contribution in [2.75, 3.05) is 24.3 Å². The van der Waals surface area contributed by atoms with Gasteiger partial charge in [0.25, 0.3) is 0 Å². The molecule has 0 spiro atoms. The Balaban J connectivity index is -0.0000000680. The summed E-state index contributed by atoms with van der Waals surface area (Å²) < 4.78 is 0. The van der Waals surface area contributed by atoms with Crippen LogP contribution < -0.4 is 5.73 Å². The van der Waals surface area contributed by atoms with Crippen molar-refractivity contribution in [3.8, 4) is 0 Å². The van der Waals surface area contributed by atoms with Gasteiger partial charge in [-0.1, -0.05) is 191 Å². The maximum absolute atomic E-state index is 5.14. The number of unbranched alkanes of at least 4 members (excludes halogenated alkanes) is 13. The largest absolute Gasteiger partial charge is 0.330 e. The molecule has 0 unspecified atom stereocenters. The highest BCUT2D eigenvalue weighted by Gasteiger charge is 1.90. The molecular formula is C38H89NS2. The maximum atomic E-state index is 5.14. The molecule has 3 heteroatoms. The third kappa shape index (κ3) is 119. The lowest BCUT2D eigenvalue weighted by atomic mass is 10.1. The van der Waals surface area contributed by atoms with E-state index in [2.05, 4.69) is 87.8 Å². The van der Waals surface area contributed by atoms with Gasteiger partial charge in [-0.05, 0) is 56.4 Å². The standard InChI is InChI=1S/C8H16S.C7H16S.C7H16.C6H14.C4H11N.C4H10.C2H6/c1-3-4-5-8(2)6-7-9;1-3-4-5-6-7-8-2;1-3-5-7-6-4-2;1-3-5-6-4-2;1-2-3-4-5;1-3-4-2;1-2/h9H,2-7H2,1H3;3-7H2,1-2H3;3-7H2,1-2H3;3-6H2,1-2H3;2-5H2,1H3;3-4H2,1-2H3;1-2H3. The van der Waals surface area contributed by atoms with Crippen LogP contribution in [0.25, 0.3) is 0 Å². The third-order valence-electron chi connectivity index (χ3n) is 5.77. The van der Waals surface area contributed by atoms with Gasteiger partial charge in [0, 0.05) is 0 Å². The Labute approximate surface area is 276 Å². The van der Waals surface area contributed by atoms with Gasteiger partial charge in [-0.15, -0.1) is 0 Å². The van der Waals surface area contributed by atoms with Gasteiger partial charge in [-0.2, -0.15) is 24.4 Å². The van der Waals surface area contributed by atoms with Crippen molar-refractivity contribution in [3.63, 3.8) is 0 Å². The molecule has 0 bridgehead atoms. The molecule has 0 aromatic carbocycles. The molecule has 0 aromatic rings. The molecule has 2 N–H and O–H groups in total. The van der Waals surface area contributed by atoms with Gasteiger partial charge in [0.15, 0.2) is 0 Å². The maximum Gasteiger partial charge on any atom is -0.00607 e. The van der Waals surface area contributed by atoms with Crippen LogP contribution in [-0.2, 0) is 0 Å². The predicted molar refractivity (Wildman–Crippen MR) is 210 cm³/mol. The highest BCUT2D eigenvalue weighted by molar-refractivity contribution is 7.98. The van der Waals surface area contributed by atoms with Gasteiger partial charge in [0.1, 0.15) is 0 Å². The Hall–Kier alpha value is 0.400. The van der Waals surface area contributed by atoms with Gasteiger partial charge in [0.2, 0.25) is 0 Å². The zero-order valence-electron chi connectivity index (χ0n) is 31.6. The molecule has 0 radical (unpaired) electrons. The monoisotopic (exact) mass is 624 g/mol. The molecule has 0 aliphatic heterocycles. The second kappa shape index (κ2) is 77.8. The molecule has 0 saturated heterocycles. The topological polar surface area (TPSA) is 26.0 Å². The first-order chi connectivity index (χ1) is 19.9. The van der Waals surface area contributed by atoms with E-state index in [1.165, 1.54) is 140 Å². The minimum atomic E-state index is 0.844. The summed E-state index contributed by atoms with van der Waals surface area (Å²) in [5, 5.41) is 0. The SMILES string of the molecule is C=C(CCS)CCCC.CC.CCCC.CCCCCC.CCCCCCC.CCCCCCSC.CCCCN. The van der Waals surface area contributed by atoms with E-state index in [4.69, 9.17) is 5.73 Å². The highest BCUT2D eigenvalue weighted by Crippen LogP contribution is 2.08. The van der Waals surface area contributed by atoms with Crippen LogP contribution in [0.4, 0.5) is 0 Å². The smallest absolute Gasteiger partial charge is 0.00607 e. The first-order valence-electron chi connectivity index (χ1n) is 18.3. The molecule has 258 valence electrons. The Bertz CT molecular complexity index is 303. The van der Waals surface area contributed by atoms with E-state index in [0.717, 1.165) is 18.7 Å². The van der Waals surface area contributed by atoms with E-state index in [1.54, 1.807) is 0 Å². The van der Waals surface area contributed by atoms with Crippen LogP contribution in [0.3, 0.4) is 0 Å². The minimum Gasteiger partial charge on any atom is -0.330 e. The van der Waals surface area contributed by atoms with E-state index in [1.807, 2.05) is 25.6 Å². The first-order valence-corrected chi connectivity index (χ1v) is 20.4. The van der Waals surface area contributed by atoms with Crippen molar-refractivity contribution in [2.45, 2.75) is 211 Å². The quantitative estimate of drug-likeness (QED) is 0.0801. The van der Waals surface area contributed by atoms with Crippen LogP contribution in [0, 0.1) is 0 Å². The van der Waals surface area contributed by atoms with Crippen molar-refractivity contribution in [3.05, 3.63) is 12.2 Å². The fourth-order valence-electron chi connectivity index (χ4n) is 2.76. The van der Waals surface area contributed by atoms with Gasteiger partial charge >= 0.3 is 0 Å². The van der Waals surface area contributed by atoms with E-state index < -0.39 is 0 Å². The number of hydrogen-bond acceptors (Lipinski definition) is 3. The molecule has 0 aromatic heterocycles. The molecule has 0 aliphatic rings. The highest BCUT2D eigenvalue weighted by atomic mass is 32.2. The third-order valence-corrected chi connectivity index (χ3v) is 6.69. The zero-order valence-corrected chi connectivity index (χ0v) is 33.3. The summed E-state index contributed by atoms with van der Waals surface area (Å²) in [6.07, 6.45) is 30.2. The number of hydrogen-bond donors (Lipinski definition) is 2. The fourth-order valence-corrected chi connectivity index (χ4v) is 3.57. The van der Waals surface area contributed by atoms with Crippen molar-refractivity contribution >= 4 is 24.4 Å². The lowest BCUT2D eigenvalue weighted by Gasteiger charge is -1.99. The predicted octanol–water partition coefficient (Wildman–Crippen LogP) is 15.1. The van der Waals surface area contributed by atoms with Crippen LogP contribution >= 0.6 is 24.4 Å². The fraction of sp³-hybridized carbons (Fsp3) is 0.947. The Kier molecular flexibility index (Phi) is 108. The Morgan fingerprint density at radius 1 is 0.512 bits per heavy atom. The van der Waals surface area contributed by atoms with Crippen LogP contribution in [0.5, 0.6) is 0 Å². The van der Waals surface area contributed by atoms with Gasteiger partial charge in [0.05, 0.1) is 0 Å². The summed E-state index contributed by atoms with van der Waals surface area (Å²) in [5.74, 6) is 2.29. The summed E-state index contributed by atoms with van der Waals surface area (Å²) in [5.41, 5.74) is 6.49. The number of thiol groups is 1. The number of nitrogens with two attached hydrogens (primary N) is 1. The number of rotatable bonds is 20. The van der Waals surface area contributed by atoms with Crippen molar-refractivity contribution < 1.29 is 0 Å². The van der Waals surface area contributed by atoms with Crippen molar-refractivity contribution in [1.82, 2.24) is 0 Å². The molecule has 0 aliphatic carbocycles. The molecule has 0 amide bonds. The lowest BCUT2D eigenvalue weighted by molar-refractivity contribution is 0.656. The summed E-state index contributed by atoms with van der Waals surface area (Å²) in [6, 6.07) is 0. The summed E-state index contributed by atoms with van der Waals surface area (Å²) in [4.78, 5) is 0. The molecule has 0 saturated carbocycles. The van der Waals surface area contributed by atoms with Crippen LogP contribution in [0.1, 0.15) is 211 Å². The van der Waals surface area contributed by atoms with Crippen LogP contribution in [0.15, 0.2) is 12.2 Å². The lowest BCUT2D eigenvalue weighted by Crippen LogP contribution is -1.95. The molecule has 0 rings (SSSR count). The van der Waals surface area contributed by atoms with Crippen LogP contribution in [-0.4, -0.2) is 24.3 Å². The second-order valence-electron chi connectivity index (χ2n) is 10.3. The molecule has 0 fully saturated rings. The first kappa shape index (κ1) is 57.1. The van der Waals surface area contributed by atoms with Gasteiger partial charge in [-0.3, -0.25) is 0 Å². The average molecular weight is 624 g/mol. The molecule has 1 nitrogen and oxygen atoms in total. The Morgan fingerprint density at radius 3 is 1.10 bits per heavy atom. The average Bonchev–Trinajstić information content (AvgIpc) is 3.00. The Morgan fingerprint density at radius 2 is 0.854 bits per heavy atom. The molecule has 0 atom stereocenters. The normalized spacial score (nSPS) is 8.83. The van der Waals surface area contributed by atoms with Crippen molar-refractivity contribution in [2.24, 2.45) is 5.73 Å². The molecular weight excluding hydrogens is 535 g/mol. The second-order valence-corrected chi connectivity index (χ2v) is 11.7. The van der Waals surface area contributed by atoms with Crippen LogP contribution in [0.2, 0.25) is 0 Å². The summed E-state index contributed by atoms with van der Waals surface area (Å²) in [7, 11) is 0. The minimum absolute atomic E-state index is 0.844. The van der Waals surface area contributed by atoms with E-state index >= 15 is 0 Å². The molecule has 0 heterocycles. The van der Waals surface area contributed by atoms with E-state index in [-0.39, 0.29) is 0 Å². The molecule has 41 heavy (non-hydrogen) atoms. The summed E-state index contributed by atoms with van der Waals surface area (Å²) >= 11 is 6.07. The summed E-state index contributed by atoms with van der Waals surface area (Å²) in [6.45, 7) is 28.7. The van der Waals surface area contributed by atoms with Crippen molar-refractivity contribution in [1.29, 1.82) is 0 Å². The van der Waals surface area contributed by atoms with E-state index in [9.17, 15) is 0 Å².